The van der Waals surface area contributed by atoms with Crippen LogP contribution in [0.2, 0.25) is 0 Å². The minimum atomic E-state index is -0.519. The van der Waals surface area contributed by atoms with Crippen molar-refractivity contribution < 1.29 is 4.74 Å². The van der Waals surface area contributed by atoms with Crippen LogP contribution in [0.25, 0.3) is 53.6 Å². The highest BCUT2D eigenvalue weighted by Gasteiger charge is 2.45. The van der Waals surface area contributed by atoms with Gasteiger partial charge in [0.25, 0.3) is 0 Å². The molecule has 0 radical (unpaired) electrons. The standard InChI is InChI=1S/C49H32OS/c1-3-15-38(16-4-1)49(39-17-5-2-6-18-39)42-21-8-9-22-44(42)50-45-32-37(29-30-43(45)49)36-14-11-13-35(31-36)33-25-27-34(28-26-33)40-20-12-24-47-48(40)41-19-7-10-23-46(41)51-47/h1-32H. The van der Waals surface area contributed by atoms with E-state index in [-0.39, 0.29) is 0 Å². The van der Waals surface area contributed by atoms with Gasteiger partial charge in [-0.25, -0.2) is 0 Å². The van der Waals surface area contributed by atoms with Crippen molar-refractivity contribution in [1.82, 2.24) is 0 Å². The quantitative estimate of drug-likeness (QED) is 0.177. The van der Waals surface area contributed by atoms with E-state index in [9.17, 15) is 0 Å². The van der Waals surface area contributed by atoms with E-state index < -0.39 is 5.41 Å². The average molecular weight is 669 g/mol. The van der Waals surface area contributed by atoms with E-state index in [1.54, 1.807) is 0 Å². The van der Waals surface area contributed by atoms with Gasteiger partial charge >= 0.3 is 0 Å². The van der Waals surface area contributed by atoms with Gasteiger partial charge in [0, 0.05) is 31.3 Å². The van der Waals surface area contributed by atoms with Gasteiger partial charge in [-0.05, 0) is 74.8 Å². The lowest BCUT2D eigenvalue weighted by Crippen LogP contribution is -2.34. The van der Waals surface area contributed by atoms with Crippen molar-refractivity contribution in [3.8, 4) is 44.9 Å². The second-order valence-electron chi connectivity index (χ2n) is 13.2. The monoisotopic (exact) mass is 668 g/mol. The van der Waals surface area contributed by atoms with Crippen LogP contribution >= 0.6 is 11.3 Å². The molecule has 0 amide bonds. The van der Waals surface area contributed by atoms with Gasteiger partial charge < -0.3 is 4.74 Å². The van der Waals surface area contributed by atoms with Crippen molar-refractivity contribution in [3.63, 3.8) is 0 Å². The highest BCUT2D eigenvalue weighted by atomic mass is 32.1. The van der Waals surface area contributed by atoms with Crippen LogP contribution in [-0.2, 0) is 5.41 Å². The zero-order valence-electron chi connectivity index (χ0n) is 27.8. The average Bonchev–Trinajstić information content (AvgIpc) is 3.60. The first kappa shape index (κ1) is 29.7. The molecule has 0 N–H and O–H groups in total. The fourth-order valence-electron chi connectivity index (χ4n) is 8.13. The Kier molecular flexibility index (Phi) is 6.97. The molecule has 51 heavy (non-hydrogen) atoms. The first-order valence-corrected chi connectivity index (χ1v) is 18.2. The number of hydrogen-bond acceptors (Lipinski definition) is 2. The maximum atomic E-state index is 6.76. The zero-order chi connectivity index (χ0) is 33.8. The van der Waals surface area contributed by atoms with Crippen molar-refractivity contribution in [2.24, 2.45) is 0 Å². The Labute approximate surface area is 301 Å². The molecule has 8 aromatic carbocycles. The van der Waals surface area contributed by atoms with Gasteiger partial charge in [-0.1, -0.05) is 164 Å². The minimum absolute atomic E-state index is 0.519. The molecule has 0 unspecified atom stereocenters. The number of fused-ring (bicyclic) bond motifs is 5. The van der Waals surface area contributed by atoms with E-state index in [0.717, 1.165) is 33.8 Å². The molecule has 9 aromatic rings. The lowest BCUT2D eigenvalue weighted by atomic mass is 9.63. The summed E-state index contributed by atoms with van der Waals surface area (Å²) in [7, 11) is 0. The van der Waals surface area contributed by atoms with E-state index >= 15 is 0 Å². The molecule has 1 aliphatic heterocycles. The van der Waals surface area contributed by atoms with Crippen molar-refractivity contribution in [2.75, 3.05) is 0 Å². The fourth-order valence-corrected chi connectivity index (χ4v) is 9.26. The summed E-state index contributed by atoms with van der Waals surface area (Å²) in [5, 5.41) is 2.67. The number of para-hydroxylation sites is 1. The Balaban J connectivity index is 1.05. The van der Waals surface area contributed by atoms with Crippen LogP contribution in [-0.4, -0.2) is 0 Å². The Bertz CT molecular complexity index is 2670. The van der Waals surface area contributed by atoms with Gasteiger partial charge in [-0.2, -0.15) is 0 Å². The number of thiophene rings is 1. The molecule has 1 nitrogen and oxygen atoms in total. The van der Waals surface area contributed by atoms with Gasteiger partial charge in [0.2, 0.25) is 0 Å². The maximum absolute atomic E-state index is 6.76. The smallest absolute Gasteiger partial charge is 0.132 e. The van der Waals surface area contributed by atoms with Crippen LogP contribution < -0.4 is 4.74 Å². The Hall–Kier alpha value is -6.22. The molecule has 10 rings (SSSR count). The number of rotatable bonds is 5. The fraction of sp³-hybridized carbons (Fsp3) is 0.0204. The van der Waals surface area contributed by atoms with Crippen molar-refractivity contribution >= 4 is 31.5 Å². The van der Waals surface area contributed by atoms with Crippen LogP contribution in [0, 0.1) is 0 Å². The molecular weight excluding hydrogens is 637 g/mol. The van der Waals surface area contributed by atoms with Crippen LogP contribution in [0.1, 0.15) is 22.3 Å². The second kappa shape index (κ2) is 12.0. The third-order valence-electron chi connectivity index (χ3n) is 10.4. The molecule has 2 heterocycles. The summed E-state index contributed by atoms with van der Waals surface area (Å²) in [4.78, 5) is 0. The number of benzene rings is 8. The molecule has 1 aromatic heterocycles. The first-order valence-electron chi connectivity index (χ1n) is 17.4. The molecule has 0 spiro atoms. The molecule has 1 aliphatic rings. The Morgan fingerprint density at radius 2 is 0.941 bits per heavy atom. The predicted octanol–water partition coefficient (Wildman–Crippen LogP) is 13.5. The van der Waals surface area contributed by atoms with Gasteiger partial charge in [-0.3, -0.25) is 0 Å². The van der Waals surface area contributed by atoms with Crippen LogP contribution in [0.15, 0.2) is 194 Å². The molecule has 0 saturated heterocycles. The SMILES string of the molecule is c1ccc(C2(c3ccccc3)c3ccccc3Oc3cc(-c4cccc(-c5ccc(-c6cccc7sc8ccccc8c67)cc5)c4)ccc32)cc1. The van der Waals surface area contributed by atoms with E-state index in [4.69, 9.17) is 4.74 Å². The second-order valence-corrected chi connectivity index (χ2v) is 14.3. The minimum Gasteiger partial charge on any atom is -0.457 e. The lowest BCUT2D eigenvalue weighted by molar-refractivity contribution is 0.435. The van der Waals surface area contributed by atoms with Crippen LogP contribution in [0.3, 0.4) is 0 Å². The van der Waals surface area contributed by atoms with Crippen molar-refractivity contribution in [2.45, 2.75) is 5.41 Å². The van der Waals surface area contributed by atoms with Crippen LogP contribution in [0.4, 0.5) is 0 Å². The normalized spacial score (nSPS) is 13.0. The van der Waals surface area contributed by atoms with Crippen LogP contribution in [0.5, 0.6) is 11.5 Å². The molecule has 0 aliphatic carbocycles. The Morgan fingerprint density at radius 1 is 0.373 bits per heavy atom. The summed E-state index contributed by atoms with van der Waals surface area (Å²) in [6.07, 6.45) is 0. The summed E-state index contributed by atoms with van der Waals surface area (Å²) in [5.74, 6) is 1.76. The third-order valence-corrected chi connectivity index (χ3v) is 11.6. The summed E-state index contributed by atoms with van der Waals surface area (Å²) >= 11 is 1.86. The third kappa shape index (κ3) is 4.75. The first-order chi connectivity index (χ1) is 25.3. The lowest BCUT2D eigenvalue weighted by Gasteiger charge is -2.41. The Morgan fingerprint density at radius 3 is 1.73 bits per heavy atom. The number of hydrogen-bond donors (Lipinski definition) is 0. The maximum Gasteiger partial charge on any atom is 0.132 e. The molecule has 2 heteroatoms. The van der Waals surface area contributed by atoms with E-state index in [1.165, 1.54) is 53.6 Å². The highest BCUT2D eigenvalue weighted by molar-refractivity contribution is 7.25. The van der Waals surface area contributed by atoms with Gasteiger partial charge in [0.1, 0.15) is 11.5 Å². The molecular formula is C49H32OS. The summed E-state index contributed by atoms with van der Waals surface area (Å²) in [5.41, 5.74) is 11.4. The summed E-state index contributed by atoms with van der Waals surface area (Å²) in [6, 6.07) is 70.2. The van der Waals surface area contributed by atoms with Gasteiger partial charge in [-0.15, -0.1) is 11.3 Å². The van der Waals surface area contributed by atoms with Gasteiger partial charge in [0.15, 0.2) is 0 Å². The van der Waals surface area contributed by atoms with Crippen molar-refractivity contribution in [3.05, 3.63) is 216 Å². The topological polar surface area (TPSA) is 9.23 Å². The molecule has 0 fully saturated rings. The van der Waals surface area contributed by atoms with Crippen molar-refractivity contribution in [1.29, 1.82) is 0 Å². The van der Waals surface area contributed by atoms with E-state index in [2.05, 4.69) is 194 Å². The zero-order valence-corrected chi connectivity index (χ0v) is 28.6. The predicted molar refractivity (Wildman–Crippen MR) is 214 cm³/mol. The summed E-state index contributed by atoms with van der Waals surface area (Å²) < 4.78 is 9.42. The summed E-state index contributed by atoms with van der Waals surface area (Å²) in [6.45, 7) is 0. The number of ether oxygens (including phenoxy) is 1. The highest BCUT2D eigenvalue weighted by Crippen LogP contribution is 2.55. The molecule has 0 saturated carbocycles. The molecule has 240 valence electrons. The largest absolute Gasteiger partial charge is 0.457 e. The molecule has 0 atom stereocenters. The van der Waals surface area contributed by atoms with E-state index in [1.807, 2.05) is 11.3 Å². The van der Waals surface area contributed by atoms with Gasteiger partial charge in [0.05, 0.1) is 5.41 Å². The van der Waals surface area contributed by atoms with E-state index in [0.29, 0.717) is 0 Å². The molecule has 0 bridgehead atoms.